The Kier molecular flexibility index (Phi) is 10.1. The van der Waals surface area contributed by atoms with Gasteiger partial charge in [0.2, 0.25) is 5.91 Å². The predicted octanol–water partition coefficient (Wildman–Crippen LogP) is 4.23. The van der Waals surface area contributed by atoms with Crippen molar-refractivity contribution in [3.63, 3.8) is 0 Å². The summed E-state index contributed by atoms with van der Waals surface area (Å²) in [6, 6.07) is 15.5. The summed E-state index contributed by atoms with van der Waals surface area (Å²) in [5.74, 6) is 0.766. The first-order valence-electron chi connectivity index (χ1n) is 17.7. The van der Waals surface area contributed by atoms with Crippen LogP contribution in [0.1, 0.15) is 75.7 Å². The number of hydroxylamine groups is 2. The van der Waals surface area contributed by atoms with Gasteiger partial charge in [-0.3, -0.25) is 14.4 Å². The Labute approximate surface area is 280 Å². The molecule has 2 amide bonds. The number of hydrogen-bond acceptors (Lipinski definition) is 7. The molecule has 0 spiro atoms. The van der Waals surface area contributed by atoms with Gasteiger partial charge in [0.1, 0.15) is 12.1 Å². The molecule has 9 nitrogen and oxygen atoms in total. The molecule has 5 aliphatic rings. The molecule has 4 N–H and O–H groups in total. The molecule has 9 atom stereocenters. The highest BCUT2D eigenvalue weighted by Crippen LogP contribution is 2.61. The van der Waals surface area contributed by atoms with Gasteiger partial charge in [-0.1, -0.05) is 51.1 Å². The number of fused-ring (bicyclic) bond motifs is 2. The third kappa shape index (κ3) is 6.88. The second kappa shape index (κ2) is 14.0. The van der Waals surface area contributed by atoms with E-state index in [0.717, 1.165) is 36.1 Å². The summed E-state index contributed by atoms with van der Waals surface area (Å²) in [7, 11) is 2.15. The van der Waals surface area contributed by atoms with Gasteiger partial charge in [-0.25, -0.2) is 0 Å². The van der Waals surface area contributed by atoms with Gasteiger partial charge < -0.3 is 25.7 Å². The van der Waals surface area contributed by atoms with Crippen LogP contribution in [0, 0.1) is 29.1 Å². The first kappa shape index (κ1) is 34.1. The largest absolute Gasteiger partial charge is 0.394 e. The number of hydrogen-bond donors (Lipinski definition) is 4. The minimum absolute atomic E-state index is 0.0738. The second-order valence-electron chi connectivity index (χ2n) is 15.3. The van der Waals surface area contributed by atoms with E-state index in [-0.39, 0.29) is 24.5 Å². The number of nitrogens with zero attached hydrogens (tertiary/aromatic N) is 2. The number of carbonyl (C=O) groups excluding carboxylic acids is 2. The van der Waals surface area contributed by atoms with E-state index in [0.29, 0.717) is 47.9 Å². The van der Waals surface area contributed by atoms with Gasteiger partial charge in [-0.2, -0.15) is 5.06 Å². The molecule has 3 aliphatic carbocycles. The summed E-state index contributed by atoms with van der Waals surface area (Å²) in [4.78, 5) is 35.6. The third-order valence-electron chi connectivity index (χ3n) is 12.2. The molecular formula is C38H54N4O5. The normalized spacial score (nSPS) is 32.5. The fraction of sp³-hybridized carbons (Fsp3) is 0.632. The van der Waals surface area contributed by atoms with Crippen molar-refractivity contribution in [2.24, 2.45) is 29.1 Å². The van der Waals surface area contributed by atoms with E-state index in [1.165, 1.54) is 19.3 Å². The molecule has 47 heavy (non-hydrogen) atoms. The van der Waals surface area contributed by atoms with Crippen LogP contribution in [0.4, 0.5) is 0 Å². The maximum Gasteiger partial charge on any atom is 0.251 e. The van der Waals surface area contributed by atoms with Gasteiger partial charge in [0.05, 0.1) is 19.3 Å². The molecule has 2 aliphatic heterocycles. The standard InChI is InChI=1S/C38H54N4O5/c1-23-31-19-29(38(31,3)4)20-32(23)40-37(46)35-34(24(2)44)33(22-43)47-42(35)21-25-9-6-10-26(17-25)27-11-7-12-28(18-27)36(45)39-15-14-30-13-8-16-41(30)5/h6-7,9-12,17-18,23-24,29-35,43-44H,8,13-16,19-22H2,1-5H3,(H,39,45)(H,40,46)/t23-,24-,29+,30-,31-,32-,33-,34+,35-/m0/s1. The maximum atomic E-state index is 14.0. The van der Waals surface area contributed by atoms with E-state index < -0.39 is 24.2 Å². The molecule has 256 valence electrons. The summed E-state index contributed by atoms with van der Waals surface area (Å²) in [6.07, 6.45) is 4.01. The molecule has 0 unspecified atom stereocenters. The maximum absolute atomic E-state index is 14.0. The Balaban J connectivity index is 1.14. The summed E-state index contributed by atoms with van der Waals surface area (Å²) in [6.45, 7) is 10.4. The first-order valence-corrected chi connectivity index (χ1v) is 17.7. The van der Waals surface area contributed by atoms with E-state index in [9.17, 15) is 19.8 Å². The zero-order chi connectivity index (χ0) is 33.5. The van der Waals surface area contributed by atoms with Crippen LogP contribution in [0.2, 0.25) is 0 Å². The van der Waals surface area contributed by atoms with E-state index in [4.69, 9.17) is 4.84 Å². The van der Waals surface area contributed by atoms with Crippen molar-refractivity contribution in [3.8, 4) is 11.1 Å². The van der Waals surface area contributed by atoms with E-state index in [1.807, 2.05) is 48.5 Å². The van der Waals surface area contributed by atoms with Crippen LogP contribution in [-0.4, -0.2) is 89.1 Å². The molecule has 2 aromatic carbocycles. The fourth-order valence-corrected chi connectivity index (χ4v) is 9.15. The second-order valence-corrected chi connectivity index (χ2v) is 15.3. The van der Waals surface area contributed by atoms with Crippen molar-refractivity contribution < 1.29 is 24.6 Å². The van der Waals surface area contributed by atoms with Crippen LogP contribution < -0.4 is 10.6 Å². The van der Waals surface area contributed by atoms with Crippen molar-refractivity contribution in [1.82, 2.24) is 20.6 Å². The van der Waals surface area contributed by atoms with Gasteiger partial charge in [-0.05, 0) is 111 Å². The number of amides is 2. The SMILES string of the molecule is C[C@@H]1[C@@H](NC(=O)[C@@H]2[C@H]([C@H](C)O)[C@H](CO)ON2Cc2cccc(-c3cccc(C(=O)NCC[C@@H]4CCCN4C)c3)c2)C[C@H]2C[C@@H]1C2(C)C. The zero-order valence-electron chi connectivity index (χ0n) is 28.7. The third-order valence-corrected chi connectivity index (χ3v) is 12.2. The Morgan fingerprint density at radius 3 is 2.51 bits per heavy atom. The monoisotopic (exact) mass is 646 g/mol. The summed E-state index contributed by atoms with van der Waals surface area (Å²) in [5, 5.41) is 29.1. The molecular weight excluding hydrogens is 592 g/mol. The number of nitrogens with one attached hydrogen (secondary N) is 2. The van der Waals surface area contributed by atoms with Crippen LogP contribution in [0.3, 0.4) is 0 Å². The van der Waals surface area contributed by atoms with Crippen molar-refractivity contribution in [2.45, 2.75) is 96.7 Å². The van der Waals surface area contributed by atoms with Crippen LogP contribution in [0.25, 0.3) is 11.1 Å². The number of carbonyl (C=O) groups is 2. The summed E-state index contributed by atoms with van der Waals surface area (Å²) >= 11 is 0. The van der Waals surface area contributed by atoms with Crippen LogP contribution in [0.5, 0.6) is 0 Å². The number of aliphatic hydroxyl groups is 2. The highest BCUT2D eigenvalue weighted by Gasteiger charge is 2.57. The topological polar surface area (TPSA) is 114 Å². The fourth-order valence-electron chi connectivity index (χ4n) is 9.15. The molecule has 5 fully saturated rings. The van der Waals surface area contributed by atoms with Crippen LogP contribution in [0.15, 0.2) is 48.5 Å². The highest BCUT2D eigenvalue weighted by atomic mass is 16.7. The lowest BCUT2D eigenvalue weighted by molar-refractivity contribution is -0.183. The van der Waals surface area contributed by atoms with Gasteiger partial charge >= 0.3 is 0 Å². The number of aliphatic hydroxyl groups excluding tert-OH is 2. The van der Waals surface area contributed by atoms with Gasteiger partial charge in [0, 0.05) is 30.1 Å². The molecule has 2 bridgehead atoms. The van der Waals surface area contributed by atoms with Gasteiger partial charge in [0.15, 0.2) is 0 Å². The molecule has 7 rings (SSSR count). The Morgan fingerprint density at radius 2 is 1.85 bits per heavy atom. The number of benzene rings is 2. The molecule has 0 radical (unpaired) electrons. The lowest BCUT2D eigenvalue weighted by atomic mass is 9.45. The smallest absolute Gasteiger partial charge is 0.251 e. The van der Waals surface area contributed by atoms with Crippen molar-refractivity contribution in [1.29, 1.82) is 0 Å². The molecule has 2 saturated heterocycles. The number of likely N-dealkylation sites (tertiary alicyclic amines) is 1. The van der Waals surface area contributed by atoms with Crippen molar-refractivity contribution in [2.75, 3.05) is 26.7 Å². The quantitative estimate of drug-likeness (QED) is 0.289. The van der Waals surface area contributed by atoms with Crippen LogP contribution in [-0.2, 0) is 16.2 Å². The Hall–Kier alpha value is -2.82. The average molecular weight is 647 g/mol. The molecule has 2 heterocycles. The Bertz CT molecular complexity index is 1430. The number of rotatable bonds is 11. The molecule has 0 aromatic heterocycles. The zero-order valence-corrected chi connectivity index (χ0v) is 28.7. The Morgan fingerprint density at radius 1 is 1.11 bits per heavy atom. The van der Waals surface area contributed by atoms with Crippen molar-refractivity contribution in [3.05, 3.63) is 59.7 Å². The average Bonchev–Trinajstić information content (AvgIpc) is 3.64. The molecule has 3 saturated carbocycles. The van der Waals surface area contributed by atoms with Crippen LogP contribution >= 0.6 is 0 Å². The first-order chi connectivity index (χ1) is 22.5. The van der Waals surface area contributed by atoms with E-state index >= 15 is 0 Å². The minimum atomic E-state index is -0.844. The van der Waals surface area contributed by atoms with E-state index in [1.54, 1.807) is 12.0 Å². The van der Waals surface area contributed by atoms with Crippen molar-refractivity contribution >= 4 is 11.8 Å². The minimum Gasteiger partial charge on any atom is -0.394 e. The van der Waals surface area contributed by atoms with E-state index in [2.05, 4.69) is 43.4 Å². The van der Waals surface area contributed by atoms with Gasteiger partial charge in [0.25, 0.3) is 5.91 Å². The predicted molar refractivity (Wildman–Crippen MR) is 182 cm³/mol. The lowest BCUT2D eigenvalue weighted by Crippen LogP contribution is -2.62. The molecule has 9 heteroatoms. The van der Waals surface area contributed by atoms with Gasteiger partial charge in [-0.15, -0.1) is 0 Å². The lowest BCUT2D eigenvalue weighted by Gasteiger charge is -2.62. The summed E-state index contributed by atoms with van der Waals surface area (Å²) < 4.78 is 0. The molecule has 2 aromatic rings. The highest BCUT2D eigenvalue weighted by molar-refractivity contribution is 5.95. The summed E-state index contributed by atoms with van der Waals surface area (Å²) in [5.41, 5.74) is 3.74.